The van der Waals surface area contributed by atoms with Crippen molar-refractivity contribution in [2.24, 2.45) is 0 Å². The van der Waals surface area contributed by atoms with Gasteiger partial charge in [-0.3, -0.25) is 0 Å². The Kier molecular flexibility index (Phi) is 3.47. The number of ether oxygens (including phenoxy) is 1. The van der Waals surface area contributed by atoms with E-state index in [1.165, 1.54) is 25.3 Å². The van der Waals surface area contributed by atoms with Crippen LogP contribution in [0.3, 0.4) is 0 Å². The summed E-state index contributed by atoms with van der Waals surface area (Å²) < 4.78 is 19.1. The van der Waals surface area contributed by atoms with Crippen LogP contribution in [0.1, 0.15) is 32.1 Å². The Bertz CT molecular complexity index is 334. The van der Waals surface area contributed by atoms with Gasteiger partial charge in [0.2, 0.25) is 0 Å². The highest BCUT2D eigenvalue weighted by molar-refractivity contribution is 6.30. The fourth-order valence-electron chi connectivity index (χ4n) is 1.94. The summed E-state index contributed by atoms with van der Waals surface area (Å²) in [5.74, 6) is -0.154. The van der Waals surface area contributed by atoms with Crippen molar-refractivity contribution in [2.75, 3.05) is 0 Å². The van der Waals surface area contributed by atoms with Gasteiger partial charge in [0.25, 0.3) is 0 Å². The van der Waals surface area contributed by atoms with Crippen molar-refractivity contribution in [3.05, 3.63) is 29.0 Å². The van der Waals surface area contributed by atoms with Gasteiger partial charge in [-0.25, -0.2) is 4.39 Å². The molecule has 0 unspecified atom stereocenters. The van der Waals surface area contributed by atoms with Gasteiger partial charge in [-0.15, -0.1) is 0 Å². The normalized spacial score (nSPS) is 17.7. The average Bonchev–Trinajstić information content (AvgIpc) is 2.26. The summed E-state index contributed by atoms with van der Waals surface area (Å²) in [5.41, 5.74) is 0. The van der Waals surface area contributed by atoms with Gasteiger partial charge < -0.3 is 4.74 Å². The van der Waals surface area contributed by atoms with E-state index < -0.39 is 5.82 Å². The molecule has 0 N–H and O–H groups in total. The first-order valence-corrected chi connectivity index (χ1v) is 5.76. The summed E-state index contributed by atoms with van der Waals surface area (Å²) in [4.78, 5) is 0. The third-order valence-corrected chi connectivity index (χ3v) is 3.05. The molecule has 1 aromatic rings. The Labute approximate surface area is 94.2 Å². The summed E-state index contributed by atoms with van der Waals surface area (Å²) in [6, 6.07) is 4.88. The number of rotatable bonds is 2. The first kappa shape index (κ1) is 10.7. The van der Waals surface area contributed by atoms with Crippen LogP contribution in [-0.4, -0.2) is 6.10 Å². The zero-order valence-corrected chi connectivity index (χ0v) is 9.27. The number of hydrogen-bond donors (Lipinski definition) is 0. The van der Waals surface area contributed by atoms with Gasteiger partial charge in [-0.2, -0.15) is 0 Å². The van der Waals surface area contributed by atoms with Crippen molar-refractivity contribution in [1.82, 2.24) is 0 Å². The predicted molar refractivity (Wildman–Crippen MR) is 58.9 cm³/mol. The van der Waals surface area contributed by atoms with Crippen LogP contribution >= 0.6 is 11.6 Å². The Morgan fingerprint density at radius 2 is 1.93 bits per heavy atom. The quantitative estimate of drug-likeness (QED) is 0.738. The van der Waals surface area contributed by atoms with Crippen LogP contribution in [0.5, 0.6) is 5.75 Å². The molecule has 0 heterocycles. The molecule has 15 heavy (non-hydrogen) atoms. The molecule has 0 bridgehead atoms. The first-order chi connectivity index (χ1) is 7.27. The second-order valence-electron chi connectivity index (χ2n) is 3.93. The Balaban J connectivity index is 2.06. The van der Waals surface area contributed by atoms with Crippen LogP contribution in [0.4, 0.5) is 4.39 Å². The van der Waals surface area contributed by atoms with E-state index in [1.807, 2.05) is 0 Å². The minimum absolute atomic E-state index is 0.128. The zero-order valence-electron chi connectivity index (χ0n) is 8.51. The highest BCUT2D eigenvalue weighted by Crippen LogP contribution is 2.28. The molecule has 1 aromatic carbocycles. The first-order valence-electron chi connectivity index (χ1n) is 5.38. The van der Waals surface area contributed by atoms with Crippen molar-refractivity contribution >= 4 is 11.6 Å². The van der Waals surface area contributed by atoms with Crippen LogP contribution in [0, 0.1) is 5.82 Å². The van der Waals surface area contributed by atoms with E-state index in [4.69, 9.17) is 16.3 Å². The van der Waals surface area contributed by atoms with E-state index in [-0.39, 0.29) is 16.9 Å². The molecule has 2 rings (SSSR count). The van der Waals surface area contributed by atoms with Crippen LogP contribution in [0.2, 0.25) is 5.02 Å². The van der Waals surface area contributed by atoms with Crippen molar-refractivity contribution < 1.29 is 9.13 Å². The highest BCUT2D eigenvalue weighted by Gasteiger charge is 2.17. The third-order valence-electron chi connectivity index (χ3n) is 2.76. The largest absolute Gasteiger partial charge is 0.487 e. The molecule has 1 nitrogen and oxygen atoms in total. The lowest BCUT2D eigenvalue weighted by Gasteiger charge is -2.23. The third kappa shape index (κ3) is 2.63. The lowest BCUT2D eigenvalue weighted by atomic mass is 9.98. The summed E-state index contributed by atoms with van der Waals surface area (Å²) in [5, 5.41) is 0.128. The molecule has 0 radical (unpaired) electrons. The van der Waals surface area contributed by atoms with E-state index >= 15 is 0 Å². The Hall–Kier alpha value is -0.760. The Morgan fingerprint density at radius 1 is 1.20 bits per heavy atom. The van der Waals surface area contributed by atoms with Crippen molar-refractivity contribution in [3.8, 4) is 5.75 Å². The summed E-state index contributed by atoms with van der Waals surface area (Å²) >= 11 is 5.68. The minimum atomic E-state index is -0.440. The molecular formula is C12H14ClFO. The van der Waals surface area contributed by atoms with E-state index in [2.05, 4.69) is 0 Å². The van der Waals surface area contributed by atoms with Gasteiger partial charge in [0.1, 0.15) is 0 Å². The van der Waals surface area contributed by atoms with Gasteiger partial charge in [0.05, 0.1) is 11.1 Å². The van der Waals surface area contributed by atoms with Crippen LogP contribution < -0.4 is 4.74 Å². The fraction of sp³-hybridized carbons (Fsp3) is 0.500. The summed E-state index contributed by atoms with van der Waals surface area (Å²) in [6.07, 6.45) is 5.81. The zero-order chi connectivity index (χ0) is 10.7. The van der Waals surface area contributed by atoms with Crippen LogP contribution in [0.15, 0.2) is 18.2 Å². The maximum Gasteiger partial charge on any atom is 0.183 e. The number of benzene rings is 1. The summed E-state index contributed by atoms with van der Waals surface area (Å²) in [6.45, 7) is 0. The maximum absolute atomic E-state index is 13.5. The molecular weight excluding hydrogens is 215 g/mol. The van der Waals surface area contributed by atoms with E-state index in [0.29, 0.717) is 0 Å². The van der Waals surface area contributed by atoms with E-state index in [0.717, 1.165) is 12.8 Å². The molecule has 0 spiro atoms. The van der Waals surface area contributed by atoms with Crippen molar-refractivity contribution in [2.45, 2.75) is 38.2 Å². The molecule has 0 aliphatic heterocycles. The molecule has 0 atom stereocenters. The van der Waals surface area contributed by atoms with E-state index in [1.54, 1.807) is 12.1 Å². The molecule has 1 aliphatic rings. The van der Waals surface area contributed by atoms with Gasteiger partial charge >= 0.3 is 0 Å². The van der Waals surface area contributed by atoms with E-state index in [9.17, 15) is 4.39 Å². The second kappa shape index (κ2) is 4.84. The Morgan fingerprint density at radius 3 is 2.67 bits per heavy atom. The SMILES string of the molecule is Fc1c(Cl)cccc1OC1CCCCC1. The number of hydrogen-bond acceptors (Lipinski definition) is 1. The minimum Gasteiger partial charge on any atom is -0.487 e. The molecule has 82 valence electrons. The topological polar surface area (TPSA) is 9.23 Å². The predicted octanol–water partition coefficient (Wildman–Crippen LogP) is 4.19. The number of halogens is 2. The fourth-order valence-corrected chi connectivity index (χ4v) is 2.10. The maximum atomic E-state index is 13.5. The molecule has 0 amide bonds. The molecule has 0 aromatic heterocycles. The smallest absolute Gasteiger partial charge is 0.183 e. The molecule has 1 fully saturated rings. The highest BCUT2D eigenvalue weighted by atomic mass is 35.5. The average molecular weight is 229 g/mol. The van der Waals surface area contributed by atoms with Crippen LogP contribution in [0.25, 0.3) is 0 Å². The van der Waals surface area contributed by atoms with Gasteiger partial charge in [0.15, 0.2) is 11.6 Å². The molecule has 0 saturated heterocycles. The van der Waals surface area contributed by atoms with Gasteiger partial charge in [0, 0.05) is 0 Å². The molecule has 1 saturated carbocycles. The van der Waals surface area contributed by atoms with Crippen molar-refractivity contribution in [3.63, 3.8) is 0 Å². The molecule has 3 heteroatoms. The standard InChI is InChI=1S/C12H14ClFO/c13-10-7-4-8-11(12(10)14)15-9-5-2-1-3-6-9/h4,7-9H,1-3,5-6H2. The van der Waals surface area contributed by atoms with Crippen molar-refractivity contribution in [1.29, 1.82) is 0 Å². The van der Waals surface area contributed by atoms with Crippen LogP contribution in [-0.2, 0) is 0 Å². The lowest BCUT2D eigenvalue weighted by Crippen LogP contribution is -2.20. The van der Waals surface area contributed by atoms with Gasteiger partial charge in [-0.05, 0) is 37.8 Å². The van der Waals surface area contributed by atoms with Gasteiger partial charge in [-0.1, -0.05) is 24.1 Å². The second-order valence-corrected chi connectivity index (χ2v) is 4.34. The lowest BCUT2D eigenvalue weighted by molar-refractivity contribution is 0.149. The molecule has 1 aliphatic carbocycles. The monoisotopic (exact) mass is 228 g/mol. The summed E-state index contributed by atoms with van der Waals surface area (Å²) in [7, 11) is 0.